The average Bonchev–Trinajstić information content (AvgIpc) is 3.04. The second kappa shape index (κ2) is 8.69. The van der Waals surface area contributed by atoms with Crippen LogP contribution in [0.2, 0.25) is 0 Å². The van der Waals surface area contributed by atoms with Crippen LogP contribution in [0.15, 0.2) is 53.1 Å². The van der Waals surface area contributed by atoms with Gasteiger partial charge in [0, 0.05) is 17.5 Å². The Balaban J connectivity index is 1.47. The van der Waals surface area contributed by atoms with Crippen LogP contribution in [0.4, 0.5) is 4.39 Å². The van der Waals surface area contributed by atoms with Crippen molar-refractivity contribution in [3.05, 3.63) is 71.2 Å². The fourth-order valence-corrected chi connectivity index (χ4v) is 2.90. The Morgan fingerprint density at radius 2 is 1.93 bits per heavy atom. The Labute approximate surface area is 162 Å². The van der Waals surface area contributed by atoms with Gasteiger partial charge in [0.2, 0.25) is 0 Å². The molecule has 3 aromatic rings. The first kappa shape index (κ1) is 19.6. The Bertz CT molecular complexity index is 978. The molecule has 2 aromatic carbocycles. The molecule has 0 radical (unpaired) electrons. The second-order valence-electron chi connectivity index (χ2n) is 6.74. The summed E-state index contributed by atoms with van der Waals surface area (Å²) in [6, 6.07) is 11.8. The van der Waals surface area contributed by atoms with Gasteiger partial charge >= 0.3 is 5.97 Å². The number of carbonyl (C=O) groups is 2. The van der Waals surface area contributed by atoms with E-state index in [0.29, 0.717) is 13.0 Å². The molecule has 146 valence electrons. The number of esters is 1. The monoisotopic (exact) mass is 383 g/mol. The molecule has 0 fully saturated rings. The number of rotatable bonds is 7. The second-order valence-corrected chi connectivity index (χ2v) is 6.74. The largest absolute Gasteiger partial charge is 0.464 e. The molecule has 0 unspecified atom stereocenters. The van der Waals surface area contributed by atoms with Crippen LogP contribution in [0.5, 0.6) is 0 Å². The lowest BCUT2D eigenvalue weighted by atomic mass is 10.1. The summed E-state index contributed by atoms with van der Waals surface area (Å²) in [4.78, 5) is 24.3. The fourth-order valence-electron chi connectivity index (χ4n) is 2.90. The summed E-state index contributed by atoms with van der Waals surface area (Å²) in [7, 11) is 0. The molecule has 28 heavy (non-hydrogen) atoms. The SMILES string of the molecule is Cc1ccc2c(CC(=O)O[C@H](C)C(=O)NCCc3ccc(F)cc3)coc2c1. The number of carbonyl (C=O) groups excluding carboxylic acids is 2. The highest BCUT2D eigenvalue weighted by atomic mass is 19.1. The highest BCUT2D eigenvalue weighted by Gasteiger charge is 2.19. The third-order valence-electron chi connectivity index (χ3n) is 4.45. The molecular formula is C22H22FNO4. The normalized spacial score (nSPS) is 12.0. The van der Waals surface area contributed by atoms with E-state index in [9.17, 15) is 14.0 Å². The van der Waals surface area contributed by atoms with Crippen molar-refractivity contribution in [2.24, 2.45) is 0 Å². The van der Waals surface area contributed by atoms with Gasteiger partial charge in [0.25, 0.3) is 5.91 Å². The van der Waals surface area contributed by atoms with E-state index in [1.807, 2.05) is 25.1 Å². The lowest BCUT2D eigenvalue weighted by Crippen LogP contribution is -2.37. The van der Waals surface area contributed by atoms with Gasteiger partial charge in [-0.25, -0.2) is 4.39 Å². The zero-order chi connectivity index (χ0) is 20.1. The zero-order valence-corrected chi connectivity index (χ0v) is 15.8. The number of fused-ring (bicyclic) bond motifs is 1. The summed E-state index contributed by atoms with van der Waals surface area (Å²) in [6.45, 7) is 3.87. The van der Waals surface area contributed by atoms with Gasteiger partial charge in [-0.15, -0.1) is 0 Å². The Morgan fingerprint density at radius 3 is 2.68 bits per heavy atom. The molecule has 3 rings (SSSR count). The molecule has 6 heteroatoms. The highest BCUT2D eigenvalue weighted by Crippen LogP contribution is 2.23. The number of halogens is 1. The molecule has 0 aliphatic rings. The van der Waals surface area contributed by atoms with Gasteiger partial charge < -0.3 is 14.5 Å². The van der Waals surface area contributed by atoms with Crippen LogP contribution >= 0.6 is 0 Å². The molecule has 0 bridgehead atoms. The van der Waals surface area contributed by atoms with Crippen molar-refractivity contribution in [2.45, 2.75) is 32.8 Å². The first-order valence-electron chi connectivity index (χ1n) is 9.11. The first-order chi connectivity index (χ1) is 13.4. The van der Waals surface area contributed by atoms with Crippen LogP contribution in [0, 0.1) is 12.7 Å². The standard InChI is InChI=1S/C22H22FNO4/c1-14-3-8-19-17(13-27-20(19)11-14)12-21(25)28-15(2)22(26)24-10-9-16-4-6-18(23)7-5-16/h3-8,11,13,15H,9-10,12H2,1-2H3,(H,24,26)/t15-/m1/s1. The third kappa shape index (κ3) is 4.97. The minimum atomic E-state index is -0.902. The minimum Gasteiger partial charge on any atom is -0.464 e. The lowest BCUT2D eigenvalue weighted by Gasteiger charge is -2.13. The van der Waals surface area contributed by atoms with Crippen molar-refractivity contribution in [3.8, 4) is 0 Å². The van der Waals surface area contributed by atoms with E-state index in [1.54, 1.807) is 18.4 Å². The Morgan fingerprint density at radius 1 is 1.18 bits per heavy atom. The number of amides is 1. The smallest absolute Gasteiger partial charge is 0.311 e. The van der Waals surface area contributed by atoms with Gasteiger partial charge in [0.15, 0.2) is 6.10 Å². The van der Waals surface area contributed by atoms with Gasteiger partial charge in [-0.2, -0.15) is 0 Å². The summed E-state index contributed by atoms with van der Waals surface area (Å²) >= 11 is 0. The predicted molar refractivity (Wildman–Crippen MR) is 103 cm³/mol. The fraction of sp³-hybridized carbons (Fsp3) is 0.273. The predicted octanol–water partition coefficient (Wildman–Crippen LogP) is 3.71. The van der Waals surface area contributed by atoms with E-state index in [0.717, 1.165) is 27.7 Å². The van der Waals surface area contributed by atoms with Crippen LogP contribution in [0.25, 0.3) is 11.0 Å². The van der Waals surface area contributed by atoms with Crippen LogP contribution < -0.4 is 5.32 Å². The van der Waals surface area contributed by atoms with E-state index in [4.69, 9.17) is 9.15 Å². The Hall–Kier alpha value is -3.15. The number of hydrogen-bond donors (Lipinski definition) is 1. The molecule has 0 saturated heterocycles. The van der Waals surface area contributed by atoms with Crippen molar-refractivity contribution < 1.29 is 23.1 Å². The number of benzene rings is 2. The minimum absolute atomic E-state index is 0.0310. The zero-order valence-electron chi connectivity index (χ0n) is 15.8. The molecule has 1 heterocycles. The number of furan rings is 1. The van der Waals surface area contributed by atoms with E-state index in [1.165, 1.54) is 19.1 Å². The van der Waals surface area contributed by atoms with Crippen molar-refractivity contribution >= 4 is 22.8 Å². The molecule has 0 aliphatic carbocycles. The van der Waals surface area contributed by atoms with Crippen molar-refractivity contribution in [1.29, 1.82) is 0 Å². The quantitative estimate of drug-likeness (QED) is 0.632. The van der Waals surface area contributed by atoms with Gasteiger partial charge in [0.05, 0.1) is 12.7 Å². The molecule has 1 aromatic heterocycles. The van der Waals surface area contributed by atoms with Crippen molar-refractivity contribution in [1.82, 2.24) is 5.32 Å². The molecule has 1 N–H and O–H groups in total. The molecular weight excluding hydrogens is 361 g/mol. The Kier molecular flexibility index (Phi) is 6.09. The van der Waals surface area contributed by atoms with Crippen LogP contribution in [-0.4, -0.2) is 24.5 Å². The van der Waals surface area contributed by atoms with E-state index >= 15 is 0 Å². The third-order valence-corrected chi connectivity index (χ3v) is 4.45. The van der Waals surface area contributed by atoms with Crippen LogP contribution in [0.1, 0.15) is 23.6 Å². The summed E-state index contributed by atoms with van der Waals surface area (Å²) in [5.41, 5.74) is 3.42. The molecule has 5 nitrogen and oxygen atoms in total. The molecule has 1 atom stereocenters. The maximum atomic E-state index is 12.9. The van der Waals surface area contributed by atoms with Gasteiger partial charge in [-0.3, -0.25) is 9.59 Å². The van der Waals surface area contributed by atoms with Crippen molar-refractivity contribution in [2.75, 3.05) is 6.54 Å². The molecule has 1 amide bonds. The number of aryl methyl sites for hydroxylation is 1. The lowest BCUT2D eigenvalue weighted by molar-refractivity contribution is -0.154. The highest BCUT2D eigenvalue weighted by molar-refractivity contribution is 5.88. The number of hydrogen-bond acceptors (Lipinski definition) is 4. The maximum Gasteiger partial charge on any atom is 0.311 e. The van der Waals surface area contributed by atoms with Gasteiger partial charge in [-0.1, -0.05) is 24.3 Å². The van der Waals surface area contributed by atoms with Crippen LogP contribution in [0.3, 0.4) is 0 Å². The summed E-state index contributed by atoms with van der Waals surface area (Å²) in [6.07, 6.45) is 1.23. The number of nitrogens with one attached hydrogen (secondary N) is 1. The maximum absolute atomic E-state index is 12.9. The van der Waals surface area contributed by atoms with Gasteiger partial charge in [-0.05, 0) is 49.6 Å². The topological polar surface area (TPSA) is 68.5 Å². The van der Waals surface area contributed by atoms with Gasteiger partial charge in [0.1, 0.15) is 11.4 Å². The summed E-state index contributed by atoms with van der Waals surface area (Å²) in [5, 5.41) is 3.58. The molecule has 0 saturated carbocycles. The average molecular weight is 383 g/mol. The van der Waals surface area contributed by atoms with E-state index in [-0.39, 0.29) is 18.1 Å². The van der Waals surface area contributed by atoms with Crippen molar-refractivity contribution in [3.63, 3.8) is 0 Å². The van der Waals surface area contributed by atoms with Crippen LogP contribution in [-0.2, 0) is 27.2 Å². The number of ether oxygens (including phenoxy) is 1. The van der Waals surface area contributed by atoms with E-state index in [2.05, 4.69) is 5.32 Å². The first-order valence-corrected chi connectivity index (χ1v) is 9.11. The molecule has 0 spiro atoms. The summed E-state index contributed by atoms with van der Waals surface area (Å²) < 4.78 is 23.6. The van der Waals surface area contributed by atoms with E-state index < -0.39 is 12.1 Å². The molecule has 0 aliphatic heterocycles. The summed E-state index contributed by atoms with van der Waals surface area (Å²) in [5.74, 6) is -1.17.